The highest BCUT2D eigenvalue weighted by Gasteiger charge is 2.21. The number of carboxylic acids is 1. The summed E-state index contributed by atoms with van der Waals surface area (Å²) in [4.78, 5) is 22.1. The number of hydrogen-bond acceptors (Lipinski definition) is 2. The van der Waals surface area contributed by atoms with Crippen molar-refractivity contribution in [1.29, 1.82) is 0 Å². The zero-order valence-corrected chi connectivity index (χ0v) is 11.9. The largest absolute Gasteiger partial charge is 0.481 e. The Morgan fingerprint density at radius 3 is 2.58 bits per heavy atom. The van der Waals surface area contributed by atoms with Crippen LogP contribution in [-0.4, -0.2) is 30.2 Å². The van der Waals surface area contributed by atoms with Crippen LogP contribution in [0.2, 0.25) is 0 Å². The topological polar surface area (TPSA) is 78.4 Å². The van der Waals surface area contributed by atoms with E-state index in [-0.39, 0.29) is 18.4 Å². The van der Waals surface area contributed by atoms with Gasteiger partial charge in [-0.15, -0.1) is 0 Å². The maximum atomic E-state index is 11.6. The van der Waals surface area contributed by atoms with E-state index in [9.17, 15) is 9.59 Å². The lowest BCUT2D eigenvalue weighted by molar-refractivity contribution is -0.137. The van der Waals surface area contributed by atoms with Crippen molar-refractivity contribution in [3.05, 3.63) is 0 Å². The Morgan fingerprint density at radius 1 is 1.26 bits per heavy atom. The molecule has 1 aliphatic carbocycles. The van der Waals surface area contributed by atoms with Crippen molar-refractivity contribution in [2.24, 2.45) is 17.8 Å². The van der Waals surface area contributed by atoms with Crippen molar-refractivity contribution in [2.45, 2.75) is 46.0 Å². The van der Waals surface area contributed by atoms with Gasteiger partial charge in [0.1, 0.15) is 0 Å². The minimum absolute atomic E-state index is 0.0446. The van der Waals surface area contributed by atoms with E-state index < -0.39 is 5.97 Å². The van der Waals surface area contributed by atoms with Gasteiger partial charge < -0.3 is 15.7 Å². The van der Waals surface area contributed by atoms with Gasteiger partial charge in [0.2, 0.25) is 0 Å². The van der Waals surface area contributed by atoms with E-state index in [0.29, 0.717) is 18.4 Å². The first-order valence-electron chi connectivity index (χ1n) is 7.22. The van der Waals surface area contributed by atoms with Crippen molar-refractivity contribution >= 4 is 12.0 Å². The Labute approximate surface area is 115 Å². The molecule has 0 aromatic heterocycles. The summed E-state index contributed by atoms with van der Waals surface area (Å²) < 4.78 is 0. The van der Waals surface area contributed by atoms with Gasteiger partial charge in [0.25, 0.3) is 0 Å². The number of carbonyl (C=O) groups is 2. The molecule has 0 aliphatic heterocycles. The molecule has 0 bridgehead atoms. The molecule has 0 spiro atoms. The molecule has 0 radical (unpaired) electrons. The monoisotopic (exact) mass is 270 g/mol. The van der Waals surface area contributed by atoms with E-state index in [0.717, 1.165) is 6.54 Å². The third-order valence-corrected chi connectivity index (χ3v) is 3.95. The zero-order valence-electron chi connectivity index (χ0n) is 11.9. The molecule has 1 rings (SSSR count). The van der Waals surface area contributed by atoms with Crippen molar-refractivity contribution in [1.82, 2.24) is 10.6 Å². The van der Waals surface area contributed by atoms with E-state index in [1.807, 2.05) is 6.92 Å². The van der Waals surface area contributed by atoms with Crippen LogP contribution in [0.3, 0.4) is 0 Å². The maximum absolute atomic E-state index is 11.6. The molecule has 2 amide bonds. The summed E-state index contributed by atoms with van der Waals surface area (Å²) in [6.45, 7) is 5.19. The van der Waals surface area contributed by atoms with Crippen LogP contribution in [0.5, 0.6) is 0 Å². The van der Waals surface area contributed by atoms with Crippen LogP contribution >= 0.6 is 0 Å². The summed E-state index contributed by atoms with van der Waals surface area (Å²) >= 11 is 0. The van der Waals surface area contributed by atoms with E-state index >= 15 is 0 Å². The van der Waals surface area contributed by atoms with Crippen LogP contribution in [0.1, 0.15) is 46.0 Å². The summed E-state index contributed by atoms with van der Waals surface area (Å²) in [7, 11) is 0. The van der Waals surface area contributed by atoms with Gasteiger partial charge in [-0.1, -0.05) is 33.1 Å². The van der Waals surface area contributed by atoms with Crippen molar-refractivity contribution in [3.8, 4) is 0 Å². The lowest BCUT2D eigenvalue weighted by Gasteiger charge is -2.28. The zero-order chi connectivity index (χ0) is 14.3. The first kappa shape index (κ1) is 15.8. The molecule has 0 heterocycles. The molecular formula is C14H26N2O3. The molecule has 5 nitrogen and oxygen atoms in total. The first-order valence-corrected chi connectivity index (χ1v) is 7.22. The molecule has 3 unspecified atom stereocenters. The van der Waals surface area contributed by atoms with E-state index in [1.54, 1.807) is 0 Å². The molecule has 0 aromatic carbocycles. The Hall–Kier alpha value is -1.26. The van der Waals surface area contributed by atoms with Crippen LogP contribution in [0, 0.1) is 17.8 Å². The van der Waals surface area contributed by atoms with Gasteiger partial charge in [0.05, 0.1) is 0 Å². The average molecular weight is 270 g/mol. The molecule has 1 saturated carbocycles. The van der Waals surface area contributed by atoms with E-state index in [2.05, 4.69) is 17.6 Å². The Balaban J connectivity index is 2.15. The van der Waals surface area contributed by atoms with Crippen LogP contribution < -0.4 is 10.6 Å². The minimum atomic E-state index is -0.828. The number of amides is 2. The van der Waals surface area contributed by atoms with Crippen LogP contribution in [0.15, 0.2) is 0 Å². The molecule has 5 heteroatoms. The van der Waals surface area contributed by atoms with Gasteiger partial charge in [-0.05, 0) is 24.2 Å². The van der Waals surface area contributed by atoms with Gasteiger partial charge in [-0.25, -0.2) is 4.79 Å². The van der Waals surface area contributed by atoms with Gasteiger partial charge in [0.15, 0.2) is 0 Å². The normalized spacial score (nSPS) is 24.5. The fourth-order valence-electron chi connectivity index (χ4n) is 2.62. The van der Waals surface area contributed by atoms with Crippen LogP contribution in [0.25, 0.3) is 0 Å². The Morgan fingerprint density at radius 2 is 1.95 bits per heavy atom. The molecule has 0 saturated heterocycles. The molecule has 0 aromatic rings. The van der Waals surface area contributed by atoms with Crippen LogP contribution in [0.4, 0.5) is 4.79 Å². The number of carbonyl (C=O) groups excluding carboxylic acids is 1. The Bertz CT molecular complexity index is 307. The summed E-state index contributed by atoms with van der Waals surface area (Å²) in [6, 6.07) is -0.185. The summed E-state index contributed by atoms with van der Waals surface area (Å²) in [5, 5.41) is 14.2. The lowest BCUT2D eigenvalue weighted by atomic mass is 9.80. The number of rotatable bonds is 6. The summed E-state index contributed by atoms with van der Waals surface area (Å²) in [5.74, 6) is 0.388. The van der Waals surface area contributed by atoms with Crippen molar-refractivity contribution in [2.75, 3.05) is 13.1 Å². The van der Waals surface area contributed by atoms with Gasteiger partial charge in [0, 0.05) is 19.5 Å². The van der Waals surface area contributed by atoms with Gasteiger partial charge >= 0.3 is 12.0 Å². The molecule has 3 N–H and O–H groups in total. The molecule has 1 fully saturated rings. The molecule has 19 heavy (non-hydrogen) atoms. The standard InChI is InChI=1S/C14H26N2O3/c1-10(7-13(17)18)8-15-14(19)16-9-12-6-4-3-5-11(12)2/h10-12H,3-9H2,1-2H3,(H,17,18)(H2,15,16,19). The number of aliphatic carboxylic acids is 1. The number of urea groups is 1. The smallest absolute Gasteiger partial charge is 0.314 e. The molecule has 1 aliphatic rings. The second-order valence-corrected chi connectivity index (χ2v) is 5.82. The average Bonchev–Trinajstić information content (AvgIpc) is 2.34. The van der Waals surface area contributed by atoms with E-state index in [1.165, 1.54) is 25.7 Å². The van der Waals surface area contributed by atoms with Crippen molar-refractivity contribution < 1.29 is 14.7 Å². The number of carboxylic acid groups (broad SMARTS) is 1. The molecule has 110 valence electrons. The predicted molar refractivity (Wildman–Crippen MR) is 73.9 cm³/mol. The number of hydrogen-bond donors (Lipinski definition) is 3. The van der Waals surface area contributed by atoms with Crippen LogP contribution in [-0.2, 0) is 4.79 Å². The number of nitrogens with one attached hydrogen (secondary N) is 2. The van der Waals surface area contributed by atoms with Gasteiger partial charge in [-0.3, -0.25) is 4.79 Å². The lowest BCUT2D eigenvalue weighted by Crippen LogP contribution is -2.41. The van der Waals surface area contributed by atoms with E-state index in [4.69, 9.17) is 5.11 Å². The fraction of sp³-hybridized carbons (Fsp3) is 0.857. The second kappa shape index (κ2) is 8.02. The maximum Gasteiger partial charge on any atom is 0.314 e. The summed E-state index contributed by atoms with van der Waals surface area (Å²) in [6.07, 6.45) is 5.09. The highest BCUT2D eigenvalue weighted by Crippen LogP contribution is 2.28. The van der Waals surface area contributed by atoms with Gasteiger partial charge in [-0.2, -0.15) is 0 Å². The minimum Gasteiger partial charge on any atom is -0.481 e. The third kappa shape index (κ3) is 6.45. The third-order valence-electron chi connectivity index (χ3n) is 3.95. The second-order valence-electron chi connectivity index (χ2n) is 5.82. The predicted octanol–water partition coefficient (Wildman–Crippen LogP) is 2.22. The first-order chi connectivity index (χ1) is 8.99. The molecular weight excluding hydrogens is 244 g/mol. The quantitative estimate of drug-likeness (QED) is 0.692. The van der Waals surface area contributed by atoms with Crippen molar-refractivity contribution in [3.63, 3.8) is 0 Å². The highest BCUT2D eigenvalue weighted by molar-refractivity contribution is 5.74. The molecule has 3 atom stereocenters. The fourth-order valence-corrected chi connectivity index (χ4v) is 2.62. The summed E-state index contributed by atoms with van der Waals surface area (Å²) in [5.41, 5.74) is 0. The Kier molecular flexibility index (Phi) is 6.67. The highest BCUT2D eigenvalue weighted by atomic mass is 16.4. The SMILES string of the molecule is CC(CNC(=O)NCC1CCCCC1C)CC(=O)O.